The maximum absolute atomic E-state index is 13.0. The molecule has 2 saturated heterocycles. The van der Waals surface area contributed by atoms with Gasteiger partial charge in [0.05, 0.1) is 36.3 Å². The van der Waals surface area contributed by atoms with E-state index in [0.29, 0.717) is 13.0 Å². The molecule has 0 unspecified atom stereocenters. The molecule has 2 aromatic rings. The number of amides is 2. The van der Waals surface area contributed by atoms with E-state index in [4.69, 9.17) is 16.3 Å². The van der Waals surface area contributed by atoms with E-state index >= 15 is 0 Å². The number of carbonyl (C=O) groups excluding carboxylic acids is 3. The first kappa shape index (κ1) is 18.5. The van der Waals surface area contributed by atoms with Crippen LogP contribution in [0.1, 0.15) is 28.5 Å². The summed E-state index contributed by atoms with van der Waals surface area (Å²) in [5, 5.41) is 6.54. The number of methoxy groups -OCH3 is 1. The van der Waals surface area contributed by atoms with Crippen molar-refractivity contribution >= 4 is 29.4 Å². The number of aromatic nitrogens is 2. The van der Waals surface area contributed by atoms with E-state index in [2.05, 4.69) is 10.2 Å². The van der Waals surface area contributed by atoms with Crippen molar-refractivity contribution in [3.05, 3.63) is 52.8 Å². The molecule has 2 amide bonds. The molecule has 1 aromatic heterocycles. The van der Waals surface area contributed by atoms with Gasteiger partial charge in [-0.05, 0) is 12.0 Å². The minimum absolute atomic E-state index is 0.0814. The molecule has 2 aliphatic heterocycles. The van der Waals surface area contributed by atoms with Gasteiger partial charge in [-0.2, -0.15) is 5.10 Å². The molecular weight excluding hydrogens is 384 g/mol. The summed E-state index contributed by atoms with van der Waals surface area (Å²) in [4.78, 5) is 41.4. The highest BCUT2D eigenvalue weighted by Crippen LogP contribution is 2.43. The average molecular weight is 403 g/mol. The number of piperazine rings is 1. The molecule has 9 heteroatoms. The molecule has 1 N–H and O–H groups in total. The summed E-state index contributed by atoms with van der Waals surface area (Å²) in [6.45, 7) is 0.235. The summed E-state index contributed by atoms with van der Waals surface area (Å²) in [6.07, 6.45) is 1.78. The Morgan fingerprint density at radius 2 is 2.04 bits per heavy atom. The second-order valence-electron chi connectivity index (χ2n) is 6.95. The van der Waals surface area contributed by atoms with E-state index in [1.54, 1.807) is 4.90 Å². The second-order valence-corrected chi connectivity index (χ2v) is 7.36. The largest absolute Gasteiger partial charge is 0.469 e. The van der Waals surface area contributed by atoms with Gasteiger partial charge in [0.25, 0.3) is 5.91 Å². The lowest BCUT2D eigenvalue weighted by molar-refractivity contribution is -0.147. The van der Waals surface area contributed by atoms with E-state index in [1.807, 2.05) is 30.3 Å². The molecule has 28 heavy (non-hydrogen) atoms. The van der Waals surface area contributed by atoms with Crippen LogP contribution < -0.4 is 0 Å². The standard InChI is InChI=1S/C19H19ClN4O4/c1-28-19(27)13-7-12-9-23(18(26)16-14(20)8-21-22-16)10-15(25)24(12)17(13)11-5-3-2-4-6-11/h2-6,8,12-13,17H,7,9-10H2,1H3,(H,21,22)/t12-,13-,17-/m0/s1. The molecule has 0 saturated carbocycles. The van der Waals surface area contributed by atoms with E-state index in [1.165, 1.54) is 18.2 Å². The predicted molar refractivity (Wildman–Crippen MR) is 99.4 cm³/mol. The van der Waals surface area contributed by atoms with Crippen LogP contribution in [-0.4, -0.2) is 64.0 Å². The maximum Gasteiger partial charge on any atom is 0.311 e. The summed E-state index contributed by atoms with van der Waals surface area (Å²) in [7, 11) is 1.35. The summed E-state index contributed by atoms with van der Waals surface area (Å²) in [5.74, 6) is -1.42. The third-order valence-electron chi connectivity index (χ3n) is 5.38. The zero-order valence-corrected chi connectivity index (χ0v) is 15.9. The van der Waals surface area contributed by atoms with Gasteiger partial charge in [0.1, 0.15) is 12.2 Å². The Balaban J connectivity index is 1.64. The fourth-order valence-electron chi connectivity index (χ4n) is 4.20. The van der Waals surface area contributed by atoms with Crippen LogP contribution in [0.2, 0.25) is 5.02 Å². The molecular formula is C19H19ClN4O4. The van der Waals surface area contributed by atoms with Crippen molar-refractivity contribution in [1.29, 1.82) is 0 Å². The van der Waals surface area contributed by atoms with Crippen molar-refractivity contribution in [2.24, 2.45) is 5.92 Å². The molecule has 0 bridgehead atoms. The highest BCUT2D eigenvalue weighted by molar-refractivity contribution is 6.33. The first-order chi connectivity index (χ1) is 13.5. The smallest absolute Gasteiger partial charge is 0.311 e. The molecule has 4 rings (SSSR count). The average Bonchev–Trinajstić information content (AvgIpc) is 3.31. The third kappa shape index (κ3) is 3.03. The normalized spacial score (nSPS) is 24.2. The molecule has 2 fully saturated rings. The van der Waals surface area contributed by atoms with Gasteiger partial charge in [0.15, 0.2) is 0 Å². The van der Waals surface area contributed by atoms with Crippen molar-refractivity contribution in [3.8, 4) is 0 Å². The number of nitrogens with one attached hydrogen (secondary N) is 1. The molecule has 0 aliphatic carbocycles. The zero-order chi connectivity index (χ0) is 19.8. The van der Waals surface area contributed by atoms with Gasteiger partial charge in [-0.15, -0.1) is 0 Å². The van der Waals surface area contributed by atoms with Crippen molar-refractivity contribution in [2.45, 2.75) is 18.5 Å². The lowest BCUT2D eigenvalue weighted by Crippen LogP contribution is -2.56. The van der Waals surface area contributed by atoms with Gasteiger partial charge in [-0.3, -0.25) is 19.5 Å². The SMILES string of the molecule is COC(=O)[C@H]1C[C@H]2CN(C(=O)c3[nH]ncc3Cl)CC(=O)N2[C@H]1c1ccccc1. The van der Waals surface area contributed by atoms with Crippen molar-refractivity contribution in [3.63, 3.8) is 0 Å². The minimum Gasteiger partial charge on any atom is -0.469 e. The first-order valence-electron chi connectivity index (χ1n) is 8.93. The van der Waals surface area contributed by atoms with E-state index < -0.39 is 12.0 Å². The number of fused-ring (bicyclic) bond motifs is 1. The van der Waals surface area contributed by atoms with Crippen LogP contribution in [0.25, 0.3) is 0 Å². The van der Waals surface area contributed by atoms with Crippen molar-refractivity contribution in [1.82, 2.24) is 20.0 Å². The van der Waals surface area contributed by atoms with Gasteiger partial charge in [0, 0.05) is 6.54 Å². The van der Waals surface area contributed by atoms with Gasteiger partial charge in [0.2, 0.25) is 5.91 Å². The topological polar surface area (TPSA) is 95.6 Å². The predicted octanol–water partition coefficient (Wildman–Crippen LogP) is 1.65. The first-order valence-corrected chi connectivity index (χ1v) is 9.31. The molecule has 0 radical (unpaired) electrons. The lowest BCUT2D eigenvalue weighted by Gasteiger charge is -2.39. The molecule has 146 valence electrons. The van der Waals surface area contributed by atoms with Crippen molar-refractivity contribution in [2.75, 3.05) is 20.2 Å². The molecule has 3 heterocycles. The number of benzene rings is 1. The summed E-state index contributed by atoms with van der Waals surface area (Å²) < 4.78 is 4.99. The number of hydrogen-bond donors (Lipinski definition) is 1. The summed E-state index contributed by atoms with van der Waals surface area (Å²) in [5.41, 5.74) is 1.04. The molecule has 1 aromatic carbocycles. The van der Waals surface area contributed by atoms with Gasteiger partial charge < -0.3 is 14.5 Å². The van der Waals surface area contributed by atoms with Crippen LogP contribution in [0.4, 0.5) is 0 Å². The second kappa shape index (κ2) is 7.27. The molecule has 3 atom stereocenters. The Morgan fingerprint density at radius 3 is 2.68 bits per heavy atom. The quantitative estimate of drug-likeness (QED) is 0.787. The Kier molecular flexibility index (Phi) is 4.80. The minimum atomic E-state index is -0.479. The van der Waals surface area contributed by atoms with Crippen LogP contribution in [0.15, 0.2) is 36.5 Å². The van der Waals surface area contributed by atoms with E-state index in [9.17, 15) is 14.4 Å². The number of hydrogen-bond acceptors (Lipinski definition) is 5. The van der Waals surface area contributed by atoms with Gasteiger partial charge in [-0.25, -0.2) is 0 Å². The number of aromatic amines is 1. The number of carbonyl (C=O) groups is 3. The molecule has 2 aliphatic rings. The molecule has 8 nitrogen and oxygen atoms in total. The maximum atomic E-state index is 13.0. The Hall–Kier alpha value is -2.87. The number of rotatable bonds is 3. The number of ether oxygens (including phenoxy) is 1. The van der Waals surface area contributed by atoms with Crippen LogP contribution in [-0.2, 0) is 14.3 Å². The van der Waals surface area contributed by atoms with E-state index in [-0.39, 0.29) is 41.1 Å². The Labute approximate surface area is 166 Å². The number of halogens is 1. The highest BCUT2D eigenvalue weighted by atomic mass is 35.5. The number of esters is 1. The zero-order valence-electron chi connectivity index (χ0n) is 15.2. The highest BCUT2D eigenvalue weighted by Gasteiger charge is 2.51. The fraction of sp³-hybridized carbons (Fsp3) is 0.368. The summed E-state index contributed by atoms with van der Waals surface area (Å²) >= 11 is 5.99. The van der Waals surface area contributed by atoms with Gasteiger partial charge >= 0.3 is 5.97 Å². The van der Waals surface area contributed by atoms with Crippen molar-refractivity contribution < 1.29 is 19.1 Å². The van der Waals surface area contributed by atoms with Crippen LogP contribution >= 0.6 is 11.6 Å². The number of nitrogens with zero attached hydrogens (tertiary/aromatic N) is 3. The van der Waals surface area contributed by atoms with E-state index in [0.717, 1.165) is 5.56 Å². The van der Waals surface area contributed by atoms with Crippen LogP contribution in [0, 0.1) is 5.92 Å². The molecule has 0 spiro atoms. The third-order valence-corrected chi connectivity index (χ3v) is 5.67. The lowest BCUT2D eigenvalue weighted by atomic mass is 9.93. The Morgan fingerprint density at radius 1 is 1.29 bits per heavy atom. The Bertz CT molecular complexity index is 916. The fourth-order valence-corrected chi connectivity index (χ4v) is 4.37. The monoisotopic (exact) mass is 402 g/mol. The van der Waals surface area contributed by atoms with Crippen LogP contribution in [0.5, 0.6) is 0 Å². The van der Waals surface area contributed by atoms with Crippen LogP contribution in [0.3, 0.4) is 0 Å². The number of H-pyrrole nitrogens is 1. The van der Waals surface area contributed by atoms with Gasteiger partial charge in [-0.1, -0.05) is 41.9 Å². The summed E-state index contributed by atoms with van der Waals surface area (Å²) in [6, 6.07) is 8.76.